The fourth-order valence-corrected chi connectivity index (χ4v) is 3.08. The lowest BCUT2D eigenvalue weighted by Gasteiger charge is -2.37. The van der Waals surface area contributed by atoms with Crippen molar-refractivity contribution in [2.45, 2.75) is 0 Å². The predicted octanol–water partition coefficient (Wildman–Crippen LogP) is 1.93. The summed E-state index contributed by atoms with van der Waals surface area (Å²) < 4.78 is 0. The van der Waals surface area contributed by atoms with E-state index in [-0.39, 0.29) is 11.4 Å². The van der Waals surface area contributed by atoms with Crippen molar-refractivity contribution >= 4 is 28.7 Å². The second-order valence-corrected chi connectivity index (χ2v) is 6.07. The standard InChI is InChI=1S/C17H17N5O5/c18-17(23)12-1-3-13(4-2-12)19-7-9-20(10-8-19)15-6-5-14(21(24)25)11-16(15)22(26)27/h1-6,11H,7-10H2,(H2,18,23). The Kier molecular flexibility index (Phi) is 4.88. The van der Waals surface area contributed by atoms with Crippen LogP contribution in [0.1, 0.15) is 10.4 Å². The van der Waals surface area contributed by atoms with E-state index in [9.17, 15) is 25.0 Å². The molecule has 0 unspecified atom stereocenters. The zero-order valence-corrected chi connectivity index (χ0v) is 14.3. The van der Waals surface area contributed by atoms with Gasteiger partial charge in [-0.2, -0.15) is 0 Å². The highest BCUT2D eigenvalue weighted by Crippen LogP contribution is 2.33. The topological polar surface area (TPSA) is 136 Å². The van der Waals surface area contributed by atoms with Crippen molar-refractivity contribution in [2.75, 3.05) is 36.0 Å². The van der Waals surface area contributed by atoms with Crippen molar-refractivity contribution in [3.05, 3.63) is 68.3 Å². The van der Waals surface area contributed by atoms with Crippen LogP contribution in [-0.2, 0) is 0 Å². The highest BCUT2D eigenvalue weighted by atomic mass is 16.6. The molecular formula is C17H17N5O5. The molecule has 2 N–H and O–H groups in total. The normalized spacial score (nSPS) is 14.1. The zero-order valence-electron chi connectivity index (χ0n) is 14.3. The molecule has 1 amide bonds. The average Bonchev–Trinajstić information content (AvgIpc) is 2.67. The van der Waals surface area contributed by atoms with Gasteiger partial charge in [-0.25, -0.2) is 0 Å². The summed E-state index contributed by atoms with van der Waals surface area (Å²) in [5.41, 5.74) is 6.38. The molecule has 0 bridgehead atoms. The Labute approximate surface area is 154 Å². The van der Waals surface area contributed by atoms with E-state index in [1.165, 1.54) is 12.1 Å². The number of primary amides is 1. The number of benzene rings is 2. The minimum Gasteiger partial charge on any atom is -0.368 e. The van der Waals surface area contributed by atoms with Crippen LogP contribution in [0.25, 0.3) is 0 Å². The molecule has 1 aliphatic rings. The largest absolute Gasteiger partial charge is 0.368 e. The van der Waals surface area contributed by atoms with Gasteiger partial charge < -0.3 is 15.5 Å². The number of amides is 1. The van der Waals surface area contributed by atoms with Crippen LogP contribution in [0.5, 0.6) is 0 Å². The Morgan fingerprint density at radius 3 is 2.00 bits per heavy atom. The molecule has 0 atom stereocenters. The monoisotopic (exact) mass is 371 g/mol. The Balaban J connectivity index is 1.74. The number of non-ortho nitro benzene ring substituents is 1. The van der Waals surface area contributed by atoms with Gasteiger partial charge in [0.05, 0.1) is 15.9 Å². The van der Waals surface area contributed by atoms with Gasteiger partial charge in [-0.15, -0.1) is 0 Å². The van der Waals surface area contributed by atoms with Crippen molar-refractivity contribution in [3.8, 4) is 0 Å². The molecule has 2 aromatic rings. The zero-order chi connectivity index (χ0) is 19.6. The molecule has 10 nitrogen and oxygen atoms in total. The van der Waals surface area contributed by atoms with Gasteiger partial charge in [-0.1, -0.05) is 0 Å². The molecule has 1 saturated heterocycles. The highest BCUT2D eigenvalue weighted by Gasteiger charge is 2.26. The van der Waals surface area contributed by atoms with Crippen LogP contribution >= 0.6 is 0 Å². The third-order valence-corrected chi connectivity index (χ3v) is 4.50. The predicted molar refractivity (Wildman–Crippen MR) is 99.1 cm³/mol. The Hall–Kier alpha value is -3.69. The maximum atomic E-state index is 11.3. The lowest BCUT2D eigenvalue weighted by atomic mass is 10.1. The SMILES string of the molecule is NC(=O)c1ccc(N2CCN(c3ccc([N+](=O)[O-])cc3[N+](=O)[O-])CC2)cc1. The third kappa shape index (κ3) is 3.78. The Bertz CT molecular complexity index is 891. The molecule has 27 heavy (non-hydrogen) atoms. The molecule has 140 valence electrons. The van der Waals surface area contributed by atoms with E-state index in [1.807, 2.05) is 17.0 Å². The quantitative estimate of drug-likeness (QED) is 0.626. The smallest absolute Gasteiger partial charge is 0.299 e. The first-order valence-corrected chi connectivity index (χ1v) is 8.19. The van der Waals surface area contributed by atoms with E-state index >= 15 is 0 Å². The number of nitro benzene ring substituents is 2. The summed E-state index contributed by atoms with van der Waals surface area (Å²) in [4.78, 5) is 36.0. The summed E-state index contributed by atoms with van der Waals surface area (Å²) >= 11 is 0. The Morgan fingerprint density at radius 1 is 0.889 bits per heavy atom. The van der Waals surface area contributed by atoms with Crippen LogP contribution in [0.3, 0.4) is 0 Å². The Morgan fingerprint density at radius 2 is 1.48 bits per heavy atom. The van der Waals surface area contributed by atoms with Crippen LogP contribution in [0, 0.1) is 20.2 Å². The number of nitrogens with zero attached hydrogens (tertiary/aromatic N) is 4. The minimum atomic E-state index is -0.648. The van der Waals surface area contributed by atoms with E-state index in [0.717, 1.165) is 11.8 Å². The molecule has 10 heteroatoms. The summed E-state index contributed by atoms with van der Waals surface area (Å²) in [7, 11) is 0. The number of nitrogens with two attached hydrogens (primary N) is 1. The third-order valence-electron chi connectivity index (χ3n) is 4.50. The van der Waals surface area contributed by atoms with Gasteiger partial charge in [-0.05, 0) is 30.3 Å². The van der Waals surface area contributed by atoms with Gasteiger partial charge in [0.25, 0.3) is 11.4 Å². The lowest BCUT2D eigenvalue weighted by molar-refractivity contribution is -0.393. The van der Waals surface area contributed by atoms with Crippen molar-refractivity contribution in [3.63, 3.8) is 0 Å². The van der Waals surface area contributed by atoms with Gasteiger partial charge in [0, 0.05) is 43.5 Å². The van der Waals surface area contributed by atoms with E-state index in [2.05, 4.69) is 4.90 Å². The summed E-state index contributed by atoms with van der Waals surface area (Å²) in [5, 5.41) is 22.2. The first-order valence-electron chi connectivity index (χ1n) is 8.19. The van der Waals surface area contributed by atoms with Crippen LogP contribution in [0.4, 0.5) is 22.7 Å². The van der Waals surface area contributed by atoms with Crippen molar-refractivity contribution in [1.82, 2.24) is 0 Å². The van der Waals surface area contributed by atoms with E-state index in [1.54, 1.807) is 12.1 Å². The molecule has 0 saturated carbocycles. The number of carbonyl (C=O) groups is 1. The molecule has 3 rings (SSSR count). The summed E-state index contributed by atoms with van der Waals surface area (Å²) in [5.74, 6) is -0.489. The lowest BCUT2D eigenvalue weighted by Crippen LogP contribution is -2.46. The molecule has 0 aromatic heterocycles. The second kappa shape index (κ2) is 7.28. The van der Waals surface area contributed by atoms with Crippen LogP contribution < -0.4 is 15.5 Å². The number of hydrogen-bond donors (Lipinski definition) is 1. The van der Waals surface area contributed by atoms with Crippen molar-refractivity contribution in [2.24, 2.45) is 5.73 Å². The number of nitro groups is 2. The van der Waals surface area contributed by atoms with Gasteiger partial charge in [-0.3, -0.25) is 25.0 Å². The second-order valence-electron chi connectivity index (χ2n) is 6.07. The first-order chi connectivity index (χ1) is 12.9. The summed E-state index contributed by atoms with van der Waals surface area (Å²) in [6.45, 7) is 2.28. The minimum absolute atomic E-state index is 0.275. The number of rotatable bonds is 5. The van der Waals surface area contributed by atoms with Crippen molar-refractivity contribution < 1.29 is 14.6 Å². The maximum absolute atomic E-state index is 11.3. The number of carbonyl (C=O) groups excluding carboxylic acids is 1. The fourth-order valence-electron chi connectivity index (χ4n) is 3.08. The average molecular weight is 371 g/mol. The van der Waals surface area contributed by atoms with E-state index in [4.69, 9.17) is 5.73 Å². The van der Waals surface area contributed by atoms with Gasteiger partial charge in [0.2, 0.25) is 5.91 Å². The van der Waals surface area contributed by atoms with E-state index < -0.39 is 15.8 Å². The molecule has 0 aliphatic carbocycles. The molecule has 0 spiro atoms. The maximum Gasteiger partial charge on any atom is 0.299 e. The van der Waals surface area contributed by atoms with Crippen molar-refractivity contribution in [1.29, 1.82) is 0 Å². The summed E-state index contributed by atoms with van der Waals surface area (Å²) in [6.07, 6.45) is 0. The highest BCUT2D eigenvalue weighted by molar-refractivity contribution is 5.93. The van der Waals surface area contributed by atoms with Gasteiger partial charge >= 0.3 is 0 Å². The molecule has 2 aromatic carbocycles. The molecule has 0 radical (unpaired) electrons. The summed E-state index contributed by atoms with van der Waals surface area (Å²) in [6, 6.07) is 10.6. The number of anilines is 2. The van der Waals surface area contributed by atoms with Crippen LogP contribution in [0.2, 0.25) is 0 Å². The molecule has 1 aliphatic heterocycles. The van der Waals surface area contributed by atoms with Crippen LogP contribution in [-0.4, -0.2) is 41.9 Å². The number of hydrogen-bond acceptors (Lipinski definition) is 7. The molecular weight excluding hydrogens is 354 g/mol. The molecule has 1 fully saturated rings. The molecule has 1 heterocycles. The first kappa shape index (κ1) is 18.1. The fraction of sp³-hybridized carbons (Fsp3) is 0.235. The van der Waals surface area contributed by atoms with E-state index in [0.29, 0.717) is 37.4 Å². The van der Waals surface area contributed by atoms with Gasteiger partial charge in [0.1, 0.15) is 5.69 Å². The van der Waals surface area contributed by atoms with Gasteiger partial charge in [0.15, 0.2) is 0 Å². The number of piperazine rings is 1. The van der Waals surface area contributed by atoms with Crippen LogP contribution in [0.15, 0.2) is 42.5 Å².